The summed E-state index contributed by atoms with van der Waals surface area (Å²) in [6.07, 6.45) is -4.03. The minimum absolute atomic E-state index is 0.136. The minimum atomic E-state index is -4.65. The van der Waals surface area contributed by atoms with E-state index >= 15 is 0 Å². The highest BCUT2D eigenvalue weighted by molar-refractivity contribution is 6.03. The molecule has 0 unspecified atom stereocenters. The van der Waals surface area contributed by atoms with E-state index in [0.29, 0.717) is 45.0 Å². The lowest BCUT2D eigenvalue weighted by Crippen LogP contribution is -2.36. The molecule has 1 amide bonds. The summed E-state index contributed by atoms with van der Waals surface area (Å²) in [4.78, 5) is 26.0. The van der Waals surface area contributed by atoms with Crippen molar-refractivity contribution in [1.82, 2.24) is 9.78 Å². The molecule has 29 heavy (non-hydrogen) atoms. The first-order valence-corrected chi connectivity index (χ1v) is 9.23. The lowest BCUT2D eigenvalue weighted by molar-refractivity contribution is -0.136. The Hall–Kier alpha value is -2.88. The fraction of sp³-hybridized carbons (Fsp3) is 0.421. The maximum absolute atomic E-state index is 13.6. The smallest absolute Gasteiger partial charge is 0.378 e. The van der Waals surface area contributed by atoms with E-state index < -0.39 is 17.6 Å². The summed E-state index contributed by atoms with van der Waals surface area (Å²) in [6.45, 7) is 4.02. The highest BCUT2D eigenvalue weighted by Crippen LogP contribution is 2.37. The number of morpholine rings is 1. The van der Waals surface area contributed by atoms with Crippen LogP contribution in [-0.4, -0.2) is 42.0 Å². The van der Waals surface area contributed by atoms with Crippen molar-refractivity contribution in [2.45, 2.75) is 26.1 Å². The van der Waals surface area contributed by atoms with Crippen LogP contribution in [0, 0.1) is 0 Å². The monoisotopic (exact) mass is 410 g/mol. The Bertz CT molecular complexity index is 937. The third-order valence-electron chi connectivity index (χ3n) is 4.47. The Morgan fingerprint density at radius 1 is 1.21 bits per heavy atom. The fourth-order valence-corrected chi connectivity index (χ4v) is 3.02. The van der Waals surface area contributed by atoms with Crippen molar-refractivity contribution in [2.75, 3.05) is 36.5 Å². The van der Waals surface area contributed by atoms with Gasteiger partial charge < -0.3 is 15.0 Å². The summed E-state index contributed by atoms with van der Waals surface area (Å²) in [5.74, 6) is -0.820. The summed E-state index contributed by atoms with van der Waals surface area (Å²) < 4.78 is 47.2. The van der Waals surface area contributed by atoms with Crippen LogP contribution in [-0.2, 0) is 17.5 Å². The molecule has 10 heteroatoms. The van der Waals surface area contributed by atoms with Crippen LogP contribution in [0.15, 0.2) is 35.1 Å². The number of hydrogen-bond acceptors (Lipinski definition) is 5. The molecule has 1 aliphatic rings. The van der Waals surface area contributed by atoms with E-state index in [1.807, 2.05) is 6.92 Å². The molecule has 2 aromatic rings. The maximum atomic E-state index is 13.6. The molecule has 0 spiro atoms. The van der Waals surface area contributed by atoms with Gasteiger partial charge in [-0.25, -0.2) is 4.68 Å². The average Bonchev–Trinajstić information content (AvgIpc) is 2.70. The van der Waals surface area contributed by atoms with Crippen LogP contribution in [0.3, 0.4) is 0 Å². The molecule has 1 N–H and O–H groups in total. The third-order valence-corrected chi connectivity index (χ3v) is 4.47. The van der Waals surface area contributed by atoms with Crippen molar-refractivity contribution in [1.29, 1.82) is 0 Å². The Kier molecular flexibility index (Phi) is 6.21. The van der Waals surface area contributed by atoms with Gasteiger partial charge in [-0.05, 0) is 30.7 Å². The first-order chi connectivity index (χ1) is 13.8. The van der Waals surface area contributed by atoms with Crippen molar-refractivity contribution in [2.24, 2.45) is 0 Å². The van der Waals surface area contributed by atoms with Gasteiger partial charge in [0, 0.05) is 31.4 Å². The number of nitrogens with one attached hydrogen (secondary N) is 1. The topological polar surface area (TPSA) is 76.5 Å². The largest absolute Gasteiger partial charge is 0.418 e. The number of carbonyl (C=O) groups is 1. The number of nitrogens with zero attached hydrogens (tertiary/aromatic N) is 3. The van der Waals surface area contributed by atoms with E-state index in [1.165, 1.54) is 24.3 Å². The Morgan fingerprint density at radius 2 is 1.93 bits per heavy atom. The number of carbonyl (C=O) groups excluding carboxylic acids is 1. The van der Waals surface area contributed by atoms with Crippen molar-refractivity contribution in [3.8, 4) is 0 Å². The van der Waals surface area contributed by atoms with E-state index in [1.54, 1.807) is 4.90 Å². The number of rotatable bonds is 5. The normalized spacial score (nSPS) is 14.7. The molecule has 0 atom stereocenters. The Labute approximate surface area is 165 Å². The molecule has 0 saturated carbocycles. The predicted octanol–water partition coefficient (Wildman–Crippen LogP) is 2.76. The van der Waals surface area contributed by atoms with E-state index in [4.69, 9.17) is 4.74 Å². The summed E-state index contributed by atoms with van der Waals surface area (Å²) in [7, 11) is 0. The average molecular weight is 410 g/mol. The second-order valence-electron chi connectivity index (χ2n) is 6.56. The van der Waals surface area contributed by atoms with Crippen LogP contribution in [0.25, 0.3) is 0 Å². The quantitative estimate of drug-likeness (QED) is 0.820. The first-order valence-electron chi connectivity index (χ1n) is 9.23. The number of ether oxygens (including phenoxy) is 1. The van der Waals surface area contributed by atoms with Crippen LogP contribution in [0.5, 0.6) is 0 Å². The molecule has 7 nitrogen and oxygen atoms in total. The van der Waals surface area contributed by atoms with Crippen LogP contribution < -0.4 is 15.8 Å². The van der Waals surface area contributed by atoms with E-state index in [-0.39, 0.29) is 16.9 Å². The van der Waals surface area contributed by atoms with Crippen LogP contribution >= 0.6 is 0 Å². The van der Waals surface area contributed by atoms with Gasteiger partial charge in [-0.1, -0.05) is 6.92 Å². The summed E-state index contributed by atoms with van der Waals surface area (Å²) >= 11 is 0. The van der Waals surface area contributed by atoms with Gasteiger partial charge >= 0.3 is 6.18 Å². The lowest BCUT2D eigenvalue weighted by atomic mass is 10.1. The van der Waals surface area contributed by atoms with E-state index in [0.717, 1.165) is 10.7 Å². The summed E-state index contributed by atoms with van der Waals surface area (Å²) in [6, 6.07) is 6.14. The second-order valence-corrected chi connectivity index (χ2v) is 6.56. The van der Waals surface area contributed by atoms with E-state index in [2.05, 4.69) is 10.4 Å². The highest BCUT2D eigenvalue weighted by Gasteiger charge is 2.35. The number of amides is 1. The van der Waals surface area contributed by atoms with Gasteiger partial charge in [0.15, 0.2) is 0 Å². The van der Waals surface area contributed by atoms with Crippen LogP contribution in [0.2, 0.25) is 0 Å². The van der Waals surface area contributed by atoms with Gasteiger partial charge in [0.2, 0.25) is 0 Å². The zero-order valence-corrected chi connectivity index (χ0v) is 15.8. The number of anilines is 2. The minimum Gasteiger partial charge on any atom is -0.378 e. The molecule has 1 saturated heterocycles. The van der Waals surface area contributed by atoms with Gasteiger partial charge in [0.05, 0.1) is 24.5 Å². The lowest BCUT2D eigenvalue weighted by Gasteiger charge is -2.29. The van der Waals surface area contributed by atoms with Gasteiger partial charge in [-0.3, -0.25) is 9.59 Å². The van der Waals surface area contributed by atoms with Gasteiger partial charge in [-0.2, -0.15) is 18.3 Å². The number of aromatic nitrogens is 2. The molecule has 0 radical (unpaired) electrons. The van der Waals surface area contributed by atoms with E-state index in [9.17, 15) is 22.8 Å². The summed E-state index contributed by atoms with van der Waals surface area (Å²) in [5.41, 5.74) is -1.42. The summed E-state index contributed by atoms with van der Waals surface area (Å²) in [5, 5.41) is 6.20. The molecule has 0 aliphatic carbocycles. The van der Waals surface area contributed by atoms with Crippen molar-refractivity contribution in [3.05, 3.63) is 51.9 Å². The molecule has 3 rings (SSSR count). The van der Waals surface area contributed by atoms with Gasteiger partial charge in [0.1, 0.15) is 5.69 Å². The van der Waals surface area contributed by atoms with Gasteiger partial charge in [-0.15, -0.1) is 0 Å². The highest BCUT2D eigenvalue weighted by atomic mass is 19.4. The zero-order chi connectivity index (χ0) is 21.0. The zero-order valence-electron chi connectivity index (χ0n) is 15.8. The molecular weight excluding hydrogens is 389 g/mol. The van der Waals surface area contributed by atoms with Crippen LogP contribution in [0.1, 0.15) is 29.4 Å². The predicted molar refractivity (Wildman–Crippen MR) is 101 cm³/mol. The number of aryl methyl sites for hydroxylation is 1. The first kappa shape index (κ1) is 20.8. The SMILES string of the molecule is CCCn1nc(C(=O)Nc2ccc(N3CCOCC3)cc2C(F)(F)F)ccc1=O. The van der Waals surface area contributed by atoms with Gasteiger partial charge in [0.25, 0.3) is 11.5 Å². The van der Waals surface area contributed by atoms with Crippen molar-refractivity contribution < 1.29 is 22.7 Å². The molecular formula is C19H21F3N4O3. The third kappa shape index (κ3) is 4.94. The number of hydrogen-bond donors (Lipinski definition) is 1. The number of benzene rings is 1. The molecule has 1 aromatic carbocycles. The second kappa shape index (κ2) is 8.64. The van der Waals surface area contributed by atoms with Crippen LogP contribution in [0.4, 0.5) is 24.5 Å². The molecule has 156 valence electrons. The molecule has 1 fully saturated rings. The van der Waals surface area contributed by atoms with Crippen molar-refractivity contribution in [3.63, 3.8) is 0 Å². The number of halogens is 3. The molecule has 2 heterocycles. The Morgan fingerprint density at radius 3 is 2.59 bits per heavy atom. The Balaban J connectivity index is 1.88. The fourth-order valence-electron chi connectivity index (χ4n) is 3.02. The maximum Gasteiger partial charge on any atom is 0.418 e. The van der Waals surface area contributed by atoms with Crippen molar-refractivity contribution >= 4 is 17.3 Å². The standard InChI is InChI=1S/C19H21F3N4O3/c1-2-7-26-17(27)6-5-16(24-26)18(28)23-15-4-3-13(12-14(15)19(20,21)22)25-8-10-29-11-9-25/h3-6,12H,2,7-11H2,1H3,(H,23,28). The molecule has 0 bridgehead atoms. The molecule has 1 aliphatic heterocycles. The molecule has 1 aromatic heterocycles. The number of alkyl halides is 3.